The number of unbranched alkanes of at least 4 members (excludes halogenated alkanes) is 7. The summed E-state index contributed by atoms with van der Waals surface area (Å²) in [6.07, 6.45) is 12.4. The molecule has 3 rings (SSSR count). The van der Waals surface area contributed by atoms with Crippen LogP contribution in [-0.4, -0.2) is 12.6 Å². The number of hydrogen-bond acceptors (Lipinski definition) is 2. The van der Waals surface area contributed by atoms with Crippen LogP contribution in [0.15, 0.2) is 48.5 Å². The maximum atomic E-state index is 12.2. The Balaban J connectivity index is 1.48. The highest BCUT2D eigenvalue weighted by Crippen LogP contribution is 2.34. The molecule has 202 valence electrons. The second-order valence-corrected chi connectivity index (χ2v) is 12.7. The van der Waals surface area contributed by atoms with Gasteiger partial charge in [-0.05, 0) is 74.9 Å². The maximum Gasteiger partial charge on any atom is 0.305 e. The van der Waals surface area contributed by atoms with Crippen LogP contribution in [0.5, 0.6) is 0 Å². The molecule has 0 atom stereocenters. The molecule has 0 N–H and O–H groups in total. The highest BCUT2D eigenvalue weighted by molar-refractivity contribution is 5.98. The van der Waals surface area contributed by atoms with Gasteiger partial charge < -0.3 is 4.74 Å². The first-order chi connectivity index (χ1) is 17.6. The maximum absolute atomic E-state index is 12.2. The molecule has 0 fully saturated rings. The Morgan fingerprint density at radius 3 is 1.78 bits per heavy atom. The van der Waals surface area contributed by atoms with Crippen LogP contribution in [0.3, 0.4) is 0 Å². The lowest BCUT2D eigenvalue weighted by Gasteiger charge is -2.26. The highest BCUT2D eigenvalue weighted by Gasteiger charge is 2.21. The van der Waals surface area contributed by atoms with Crippen LogP contribution in [0.4, 0.5) is 0 Å². The van der Waals surface area contributed by atoms with Gasteiger partial charge in [-0.1, -0.05) is 123 Å². The van der Waals surface area contributed by atoms with E-state index in [4.69, 9.17) is 4.74 Å². The van der Waals surface area contributed by atoms with Crippen LogP contribution in [-0.2, 0) is 20.4 Å². The normalized spacial score (nSPS) is 12.4. The largest absolute Gasteiger partial charge is 0.466 e. The molecule has 0 spiro atoms. The third-order valence-electron chi connectivity index (χ3n) is 7.89. The fourth-order valence-electron chi connectivity index (χ4n) is 5.20. The minimum absolute atomic E-state index is 0.0112. The van der Waals surface area contributed by atoms with Crippen molar-refractivity contribution in [3.05, 3.63) is 59.7 Å². The molecule has 2 nitrogen and oxygen atoms in total. The Bertz CT molecular complexity index is 1150. The first-order valence-corrected chi connectivity index (χ1v) is 14.7. The van der Waals surface area contributed by atoms with Gasteiger partial charge >= 0.3 is 5.97 Å². The van der Waals surface area contributed by atoms with Gasteiger partial charge in [-0.15, -0.1) is 0 Å². The van der Waals surface area contributed by atoms with Crippen molar-refractivity contribution in [1.82, 2.24) is 0 Å². The number of rotatable bonds is 14. The summed E-state index contributed by atoms with van der Waals surface area (Å²) in [6, 6.07) is 18.4. The quantitative estimate of drug-likeness (QED) is 0.124. The molecule has 0 radical (unpaired) electrons. The van der Waals surface area contributed by atoms with E-state index in [1.165, 1.54) is 77.6 Å². The summed E-state index contributed by atoms with van der Waals surface area (Å²) in [5, 5.41) is 5.15. The number of esters is 1. The highest BCUT2D eigenvalue weighted by atomic mass is 16.5. The van der Waals surface area contributed by atoms with Crippen LogP contribution < -0.4 is 0 Å². The molecule has 0 heterocycles. The Morgan fingerprint density at radius 1 is 0.649 bits per heavy atom. The predicted octanol–water partition coefficient (Wildman–Crippen LogP) is 10.4. The molecule has 3 aromatic rings. The molecule has 0 saturated carbocycles. The van der Waals surface area contributed by atoms with Gasteiger partial charge in [0, 0.05) is 6.42 Å². The van der Waals surface area contributed by atoms with Crippen molar-refractivity contribution in [2.75, 3.05) is 6.61 Å². The van der Waals surface area contributed by atoms with Gasteiger partial charge in [0.2, 0.25) is 0 Å². The molecule has 0 aliphatic rings. The summed E-state index contributed by atoms with van der Waals surface area (Å²) in [4.78, 5) is 12.2. The van der Waals surface area contributed by atoms with E-state index in [0.29, 0.717) is 13.0 Å². The molecule has 0 aromatic heterocycles. The summed E-state index contributed by atoms with van der Waals surface area (Å²) in [7, 11) is 0. The smallest absolute Gasteiger partial charge is 0.305 e. The summed E-state index contributed by atoms with van der Waals surface area (Å²) in [5.74, 6) is -0.0432. The predicted molar refractivity (Wildman–Crippen MR) is 161 cm³/mol. The van der Waals surface area contributed by atoms with E-state index in [1.807, 2.05) is 0 Å². The summed E-state index contributed by atoms with van der Waals surface area (Å²) in [5.41, 5.74) is 2.86. The Kier molecular flexibility index (Phi) is 10.6. The zero-order valence-corrected chi connectivity index (χ0v) is 24.4. The van der Waals surface area contributed by atoms with Crippen molar-refractivity contribution in [3.63, 3.8) is 0 Å². The molecule has 37 heavy (non-hydrogen) atoms. The van der Waals surface area contributed by atoms with E-state index in [1.54, 1.807) is 0 Å². The van der Waals surface area contributed by atoms with E-state index in [2.05, 4.69) is 90.1 Å². The monoisotopic (exact) mass is 502 g/mol. The molecule has 0 aliphatic carbocycles. The van der Waals surface area contributed by atoms with E-state index in [9.17, 15) is 4.79 Å². The number of carbonyl (C=O) groups excluding carboxylic acids is 1. The lowest BCUT2D eigenvalue weighted by Crippen LogP contribution is -2.18. The standard InChI is InChI=1S/C35H50O2/c1-7-8-9-10-11-12-13-14-22-37-33(36)16-15-21-35(5,6)32-20-18-28-23-29-25-31(34(2,3)4)19-17-27(29)24-30(28)26-32/h17-20,23-26H,7-16,21-22H2,1-6H3. The van der Waals surface area contributed by atoms with E-state index in [0.717, 1.165) is 19.3 Å². The van der Waals surface area contributed by atoms with Crippen LogP contribution in [0, 0.1) is 0 Å². The number of benzene rings is 3. The average Bonchev–Trinajstić information content (AvgIpc) is 2.85. The summed E-state index contributed by atoms with van der Waals surface area (Å²) < 4.78 is 5.50. The van der Waals surface area contributed by atoms with Crippen molar-refractivity contribution in [3.8, 4) is 0 Å². The van der Waals surface area contributed by atoms with Gasteiger partial charge in [-0.2, -0.15) is 0 Å². The summed E-state index contributed by atoms with van der Waals surface area (Å²) in [6.45, 7) is 14.2. The van der Waals surface area contributed by atoms with E-state index in [-0.39, 0.29) is 16.8 Å². The van der Waals surface area contributed by atoms with Crippen LogP contribution in [0.2, 0.25) is 0 Å². The molecular weight excluding hydrogens is 452 g/mol. The fraction of sp³-hybridized carbons (Fsp3) is 0.571. The third kappa shape index (κ3) is 8.87. The minimum atomic E-state index is -0.0432. The molecular formula is C35H50O2. The van der Waals surface area contributed by atoms with Crippen molar-refractivity contribution in [1.29, 1.82) is 0 Å². The molecule has 0 aliphatic heterocycles. The fourth-order valence-corrected chi connectivity index (χ4v) is 5.20. The molecule has 0 unspecified atom stereocenters. The van der Waals surface area contributed by atoms with Crippen molar-refractivity contribution < 1.29 is 9.53 Å². The zero-order chi connectivity index (χ0) is 26.9. The Hall–Kier alpha value is -2.35. The van der Waals surface area contributed by atoms with E-state index >= 15 is 0 Å². The summed E-state index contributed by atoms with van der Waals surface area (Å²) >= 11 is 0. The molecule has 2 heteroatoms. The van der Waals surface area contributed by atoms with Crippen LogP contribution >= 0.6 is 0 Å². The number of carbonyl (C=O) groups is 1. The van der Waals surface area contributed by atoms with Gasteiger partial charge in [0.1, 0.15) is 0 Å². The van der Waals surface area contributed by atoms with Crippen LogP contribution in [0.1, 0.15) is 123 Å². The van der Waals surface area contributed by atoms with Crippen molar-refractivity contribution in [2.45, 2.75) is 123 Å². The molecule has 0 saturated heterocycles. The van der Waals surface area contributed by atoms with E-state index < -0.39 is 0 Å². The van der Waals surface area contributed by atoms with Gasteiger partial charge in [-0.25, -0.2) is 0 Å². The second kappa shape index (κ2) is 13.4. The van der Waals surface area contributed by atoms with Crippen LogP contribution in [0.25, 0.3) is 21.5 Å². The molecule has 3 aromatic carbocycles. The lowest BCUT2D eigenvalue weighted by molar-refractivity contribution is -0.143. The lowest BCUT2D eigenvalue weighted by atomic mass is 9.79. The van der Waals surface area contributed by atoms with Gasteiger partial charge in [-0.3, -0.25) is 4.79 Å². The molecule has 0 bridgehead atoms. The first-order valence-electron chi connectivity index (χ1n) is 14.7. The zero-order valence-electron chi connectivity index (χ0n) is 24.4. The minimum Gasteiger partial charge on any atom is -0.466 e. The molecule has 0 amide bonds. The Labute approximate surface area is 226 Å². The third-order valence-corrected chi connectivity index (χ3v) is 7.89. The van der Waals surface area contributed by atoms with Crippen molar-refractivity contribution >= 4 is 27.5 Å². The van der Waals surface area contributed by atoms with Gasteiger partial charge in [0.15, 0.2) is 0 Å². The topological polar surface area (TPSA) is 26.3 Å². The Morgan fingerprint density at radius 2 is 1.19 bits per heavy atom. The first kappa shape index (κ1) is 29.2. The van der Waals surface area contributed by atoms with Gasteiger partial charge in [0.05, 0.1) is 6.61 Å². The average molecular weight is 503 g/mol. The number of fused-ring (bicyclic) bond motifs is 2. The second-order valence-electron chi connectivity index (χ2n) is 12.7. The number of hydrogen-bond donors (Lipinski definition) is 0. The van der Waals surface area contributed by atoms with Crippen molar-refractivity contribution in [2.24, 2.45) is 0 Å². The van der Waals surface area contributed by atoms with Gasteiger partial charge in [0.25, 0.3) is 0 Å². The SMILES string of the molecule is CCCCCCCCCCOC(=O)CCCC(C)(C)c1ccc2cc3cc(C(C)(C)C)ccc3cc2c1. The number of ether oxygens (including phenoxy) is 1.